The van der Waals surface area contributed by atoms with Crippen LogP contribution in [0.1, 0.15) is 30.4 Å². The molecule has 0 aromatic heterocycles. The van der Waals surface area contributed by atoms with Crippen LogP contribution >= 0.6 is 0 Å². The monoisotopic (exact) mass is 253 g/mol. The first kappa shape index (κ1) is 11.9. The van der Waals surface area contributed by atoms with Crippen molar-refractivity contribution in [3.8, 4) is 5.75 Å². The molecule has 2 aliphatic heterocycles. The van der Waals surface area contributed by atoms with Crippen molar-refractivity contribution >= 4 is 0 Å². The van der Waals surface area contributed by atoms with Crippen LogP contribution in [0, 0.1) is 0 Å². The van der Waals surface area contributed by atoms with Crippen LogP contribution in [-0.4, -0.2) is 19.2 Å². The Bertz CT molecular complexity index is 441. The fraction of sp³-hybridized carbons (Fsp3) is 0.571. The summed E-state index contributed by atoms with van der Waals surface area (Å²) in [5, 5.41) is 3.13. The highest BCUT2D eigenvalue weighted by molar-refractivity contribution is 5.41. The van der Waals surface area contributed by atoms with E-state index in [9.17, 15) is 8.78 Å². The Labute approximate surface area is 105 Å². The van der Waals surface area contributed by atoms with E-state index in [1.54, 1.807) is 12.1 Å². The Morgan fingerprint density at radius 2 is 2.28 bits per heavy atom. The van der Waals surface area contributed by atoms with Gasteiger partial charge in [0.25, 0.3) is 5.92 Å². The third-order valence-corrected chi connectivity index (χ3v) is 3.78. The quantitative estimate of drug-likeness (QED) is 0.894. The first-order valence-corrected chi connectivity index (χ1v) is 6.52. The summed E-state index contributed by atoms with van der Waals surface area (Å²) in [4.78, 5) is 0. The van der Waals surface area contributed by atoms with Gasteiger partial charge in [0, 0.05) is 24.4 Å². The van der Waals surface area contributed by atoms with Gasteiger partial charge in [0.1, 0.15) is 5.75 Å². The highest BCUT2D eigenvalue weighted by Crippen LogP contribution is 2.37. The lowest BCUT2D eigenvalue weighted by Gasteiger charge is -2.21. The molecule has 1 unspecified atom stereocenters. The normalized spacial score (nSPS) is 22.9. The van der Waals surface area contributed by atoms with Crippen molar-refractivity contribution in [2.45, 2.75) is 37.6 Å². The number of alkyl halides is 2. The van der Waals surface area contributed by atoms with Crippen molar-refractivity contribution in [2.24, 2.45) is 0 Å². The van der Waals surface area contributed by atoms with Gasteiger partial charge in [0.15, 0.2) is 0 Å². The summed E-state index contributed by atoms with van der Waals surface area (Å²) < 4.78 is 33.7. The van der Waals surface area contributed by atoms with E-state index in [0.717, 1.165) is 37.1 Å². The summed E-state index contributed by atoms with van der Waals surface area (Å²) >= 11 is 0. The zero-order chi connectivity index (χ0) is 12.6. The van der Waals surface area contributed by atoms with Crippen LogP contribution in [0.5, 0.6) is 5.75 Å². The molecule has 0 spiro atoms. The lowest BCUT2D eigenvalue weighted by molar-refractivity contribution is -0.0213. The average molecular weight is 253 g/mol. The summed E-state index contributed by atoms with van der Waals surface area (Å²) in [5.41, 5.74) is 1.03. The van der Waals surface area contributed by atoms with Crippen molar-refractivity contribution in [3.63, 3.8) is 0 Å². The van der Waals surface area contributed by atoms with Gasteiger partial charge in [-0.1, -0.05) is 0 Å². The molecule has 1 atom stereocenters. The third kappa shape index (κ3) is 2.21. The molecule has 1 saturated heterocycles. The molecule has 0 saturated carbocycles. The SMILES string of the molecule is FC(F)(CC1CCCN1)c1ccc2c(c1)CCO2. The molecule has 1 fully saturated rings. The Morgan fingerprint density at radius 1 is 1.39 bits per heavy atom. The van der Waals surface area contributed by atoms with Gasteiger partial charge in [0.05, 0.1) is 6.61 Å². The van der Waals surface area contributed by atoms with E-state index in [0.29, 0.717) is 6.61 Å². The second-order valence-corrected chi connectivity index (χ2v) is 5.12. The number of hydrogen-bond donors (Lipinski definition) is 1. The summed E-state index contributed by atoms with van der Waals surface area (Å²) in [6.45, 7) is 1.47. The molecule has 18 heavy (non-hydrogen) atoms. The van der Waals surface area contributed by atoms with Crippen LogP contribution in [0.2, 0.25) is 0 Å². The van der Waals surface area contributed by atoms with E-state index in [1.165, 1.54) is 6.07 Å². The number of hydrogen-bond acceptors (Lipinski definition) is 2. The molecule has 1 N–H and O–H groups in total. The molecule has 3 rings (SSSR count). The van der Waals surface area contributed by atoms with Crippen molar-refractivity contribution in [1.82, 2.24) is 5.32 Å². The van der Waals surface area contributed by atoms with Gasteiger partial charge >= 0.3 is 0 Å². The summed E-state index contributed by atoms with van der Waals surface area (Å²) in [6, 6.07) is 4.73. The maximum absolute atomic E-state index is 14.2. The van der Waals surface area contributed by atoms with Gasteiger partial charge in [-0.15, -0.1) is 0 Å². The van der Waals surface area contributed by atoms with E-state index in [-0.39, 0.29) is 18.0 Å². The number of fused-ring (bicyclic) bond motifs is 1. The minimum Gasteiger partial charge on any atom is -0.493 e. The molecular formula is C14H17F2NO. The highest BCUT2D eigenvalue weighted by atomic mass is 19.3. The number of benzene rings is 1. The molecule has 0 amide bonds. The van der Waals surface area contributed by atoms with Crippen LogP contribution in [0.3, 0.4) is 0 Å². The van der Waals surface area contributed by atoms with Crippen LogP contribution in [0.4, 0.5) is 8.78 Å². The summed E-state index contributed by atoms with van der Waals surface area (Å²) in [7, 11) is 0. The van der Waals surface area contributed by atoms with Gasteiger partial charge in [-0.2, -0.15) is 0 Å². The van der Waals surface area contributed by atoms with Crippen LogP contribution < -0.4 is 10.1 Å². The Kier molecular flexibility index (Phi) is 2.98. The minimum absolute atomic E-state index is 0.0514. The zero-order valence-corrected chi connectivity index (χ0v) is 10.2. The van der Waals surface area contributed by atoms with Crippen molar-refractivity contribution in [1.29, 1.82) is 0 Å². The predicted molar refractivity (Wildman–Crippen MR) is 65.2 cm³/mol. The summed E-state index contributed by atoms with van der Waals surface area (Å²) in [5.74, 6) is -1.99. The Morgan fingerprint density at radius 3 is 3.06 bits per heavy atom. The fourth-order valence-electron chi connectivity index (χ4n) is 2.77. The largest absolute Gasteiger partial charge is 0.493 e. The third-order valence-electron chi connectivity index (χ3n) is 3.78. The highest BCUT2D eigenvalue weighted by Gasteiger charge is 2.36. The maximum Gasteiger partial charge on any atom is 0.274 e. The van der Waals surface area contributed by atoms with E-state index < -0.39 is 5.92 Å². The van der Waals surface area contributed by atoms with E-state index in [4.69, 9.17) is 4.74 Å². The second kappa shape index (κ2) is 4.50. The summed E-state index contributed by atoms with van der Waals surface area (Å²) in [6.07, 6.45) is 2.48. The van der Waals surface area contributed by atoms with Gasteiger partial charge in [-0.3, -0.25) is 0 Å². The lowest BCUT2D eigenvalue weighted by atomic mass is 9.97. The van der Waals surface area contributed by atoms with Gasteiger partial charge in [-0.25, -0.2) is 8.78 Å². The predicted octanol–water partition coefficient (Wildman–Crippen LogP) is 2.86. The topological polar surface area (TPSA) is 21.3 Å². The number of halogens is 2. The Hall–Kier alpha value is -1.16. The molecule has 98 valence electrons. The molecule has 2 nitrogen and oxygen atoms in total. The standard InChI is InChI=1S/C14H17F2NO/c15-14(16,9-12-2-1-6-17-12)11-3-4-13-10(8-11)5-7-18-13/h3-4,8,12,17H,1-2,5-7,9H2. The smallest absolute Gasteiger partial charge is 0.274 e. The van der Waals surface area contributed by atoms with Gasteiger partial charge in [0.2, 0.25) is 0 Å². The lowest BCUT2D eigenvalue weighted by Crippen LogP contribution is -2.29. The van der Waals surface area contributed by atoms with Crippen LogP contribution in [0.15, 0.2) is 18.2 Å². The molecule has 0 aliphatic carbocycles. The molecule has 0 radical (unpaired) electrons. The minimum atomic E-state index is -2.75. The van der Waals surface area contributed by atoms with E-state index in [2.05, 4.69) is 5.32 Å². The van der Waals surface area contributed by atoms with Crippen molar-refractivity contribution in [2.75, 3.05) is 13.2 Å². The van der Waals surface area contributed by atoms with Gasteiger partial charge in [-0.05, 0) is 43.1 Å². The molecule has 4 heteroatoms. The average Bonchev–Trinajstić information content (AvgIpc) is 2.97. The molecular weight excluding hydrogens is 236 g/mol. The number of ether oxygens (including phenoxy) is 1. The molecule has 2 aliphatic rings. The number of nitrogens with one attached hydrogen (secondary N) is 1. The fourth-order valence-corrected chi connectivity index (χ4v) is 2.77. The van der Waals surface area contributed by atoms with Gasteiger partial charge < -0.3 is 10.1 Å². The van der Waals surface area contributed by atoms with Crippen molar-refractivity contribution < 1.29 is 13.5 Å². The van der Waals surface area contributed by atoms with E-state index >= 15 is 0 Å². The van der Waals surface area contributed by atoms with Crippen molar-refractivity contribution in [3.05, 3.63) is 29.3 Å². The zero-order valence-electron chi connectivity index (χ0n) is 10.2. The molecule has 0 bridgehead atoms. The first-order chi connectivity index (χ1) is 8.65. The van der Waals surface area contributed by atoms with Crippen LogP contribution in [0.25, 0.3) is 0 Å². The van der Waals surface area contributed by atoms with E-state index in [1.807, 2.05) is 0 Å². The molecule has 1 aromatic rings. The number of rotatable bonds is 3. The molecule has 1 aromatic carbocycles. The Balaban J connectivity index is 1.79. The maximum atomic E-state index is 14.2. The molecule has 2 heterocycles. The second-order valence-electron chi connectivity index (χ2n) is 5.12. The van der Waals surface area contributed by atoms with Crippen LogP contribution in [-0.2, 0) is 12.3 Å². The first-order valence-electron chi connectivity index (χ1n) is 6.52.